The van der Waals surface area contributed by atoms with Crippen LogP contribution in [0.5, 0.6) is 0 Å². The fraction of sp³-hybridized carbons (Fsp3) is 0.571. The number of piperidine rings is 1. The minimum Gasteiger partial charge on any atom is -0.511 e. The first-order chi connectivity index (χ1) is 9.36. The highest BCUT2D eigenvalue weighted by atomic mass is 16.3. The van der Waals surface area contributed by atoms with Gasteiger partial charge in [-0.15, -0.1) is 0 Å². The fourth-order valence-electron chi connectivity index (χ4n) is 2.82. The van der Waals surface area contributed by atoms with E-state index in [1.54, 1.807) is 0 Å². The summed E-state index contributed by atoms with van der Waals surface area (Å²) in [6.07, 6.45) is 1.19. The van der Waals surface area contributed by atoms with E-state index >= 15 is 0 Å². The lowest BCUT2D eigenvalue weighted by molar-refractivity contribution is -0.134. The number of hydrogen-bond acceptors (Lipinski definition) is 5. The second-order valence-corrected chi connectivity index (χ2v) is 5.69. The van der Waals surface area contributed by atoms with Crippen molar-refractivity contribution in [2.45, 2.75) is 39.0 Å². The lowest BCUT2D eigenvalue weighted by atomic mass is 9.82. The molecule has 2 fully saturated rings. The molecule has 0 bridgehead atoms. The quantitative estimate of drug-likeness (QED) is 0.401. The van der Waals surface area contributed by atoms with Crippen molar-refractivity contribution in [2.24, 2.45) is 11.8 Å². The van der Waals surface area contributed by atoms with Gasteiger partial charge in [-0.3, -0.25) is 19.7 Å². The summed E-state index contributed by atoms with van der Waals surface area (Å²) >= 11 is 0. The van der Waals surface area contributed by atoms with Crippen molar-refractivity contribution in [1.82, 2.24) is 5.32 Å². The van der Waals surface area contributed by atoms with Gasteiger partial charge in [0.2, 0.25) is 11.8 Å². The largest absolute Gasteiger partial charge is 0.511 e. The third-order valence-electron chi connectivity index (χ3n) is 3.66. The predicted octanol–water partition coefficient (Wildman–Crippen LogP) is 1.26. The predicted molar refractivity (Wildman–Crippen MR) is 71.3 cm³/mol. The molecule has 0 unspecified atom stereocenters. The van der Waals surface area contributed by atoms with E-state index in [4.69, 9.17) is 5.41 Å². The van der Waals surface area contributed by atoms with Crippen LogP contribution in [0, 0.1) is 17.2 Å². The molecule has 6 heteroatoms. The smallest absolute Gasteiger partial charge is 0.226 e. The Morgan fingerprint density at radius 2 is 1.80 bits per heavy atom. The summed E-state index contributed by atoms with van der Waals surface area (Å²) in [7, 11) is 0. The Kier molecular flexibility index (Phi) is 4.01. The molecule has 2 amide bonds. The number of hydrogen-bond donors (Lipinski definition) is 3. The number of carbonyl (C=O) groups excluding carboxylic acids is 3. The van der Waals surface area contributed by atoms with Crippen molar-refractivity contribution < 1.29 is 19.5 Å². The lowest BCUT2D eigenvalue weighted by Crippen LogP contribution is -2.38. The molecule has 1 atom stereocenters. The van der Waals surface area contributed by atoms with Gasteiger partial charge in [0.1, 0.15) is 5.76 Å². The zero-order valence-corrected chi connectivity index (χ0v) is 11.4. The van der Waals surface area contributed by atoms with Crippen molar-refractivity contribution in [1.29, 1.82) is 5.41 Å². The van der Waals surface area contributed by atoms with Crippen molar-refractivity contribution >= 4 is 23.3 Å². The number of Topliss-reactive ketones (excluding diaryl/α,β-unsaturated/α-hetero) is 1. The summed E-state index contributed by atoms with van der Waals surface area (Å²) in [5, 5.41) is 20.2. The molecule has 0 aromatic heterocycles. The zero-order valence-electron chi connectivity index (χ0n) is 11.4. The molecule has 1 aliphatic carbocycles. The molecular formula is C14H18N2O4. The molecular weight excluding hydrogens is 260 g/mol. The fourth-order valence-corrected chi connectivity index (χ4v) is 2.82. The van der Waals surface area contributed by atoms with Crippen molar-refractivity contribution in [3.05, 3.63) is 11.3 Å². The van der Waals surface area contributed by atoms with Crippen molar-refractivity contribution in [3.8, 4) is 0 Å². The molecule has 3 N–H and O–H groups in total. The average molecular weight is 278 g/mol. The molecule has 108 valence electrons. The Labute approximate surface area is 116 Å². The molecule has 0 spiro atoms. The van der Waals surface area contributed by atoms with E-state index in [0.29, 0.717) is 12.8 Å². The number of allylic oxidation sites excluding steroid dienone is 2. The third-order valence-corrected chi connectivity index (χ3v) is 3.66. The van der Waals surface area contributed by atoms with Crippen LogP contribution in [0.3, 0.4) is 0 Å². The summed E-state index contributed by atoms with van der Waals surface area (Å²) in [4.78, 5) is 34.5. The molecule has 2 aliphatic rings. The minimum absolute atomic E-state index is 0.0848. The van der Waals surface area contributed by atoms with Crippen LogP contribution in [0.15, 0.2) is 11.3 Å². The standard InChI is InChI=1S/C14H18N2O4/c1-7-2-9(15)14(10(17)3-7)11(18)4-8-5-12(19)16-13(20)6-8/h7-8,15,18H,2-6H2,1H3,(H,16,19,20)/t7-/m0/s1. The highest BCUT2D eigenvalue weighted by molar-refractivity contribution is 6.23. The molecule has 0 aromatic rings. The highest BCUT2D eigenvalue weighted by Crippen LogP contribution is 2.28. The number of rotatable bonds is 2. The minimum atomic E-state index is -0.359. The van der Waals surface area contributed by atoms with Gasteiger partial charge < -0.3 is 10.5 Å². The van der Waals surface area contributed by atoms with Gasteiger partial charge in [0, 0.05) is 31.4 Å². The highest BCUT2D eigenvalue weighted by Gasteiger charge is 2.31. The summed E-state index contributed by atoms with van der Waals surface area (Å²) in [5.74, 6) is -1.28. The van der Waals surface area contributed by atoms with Crippen LogP contribution in [0.2, 0.25) is 0 Å². The normalized spacial score (nSPS) is 27.6. The SMILES string of the molecule is C[C@H]1CC(=N)C(=C(O)CC2CC(=O)NC(=O)C2)C(=O)C1. The second kappa shape index (κ2) is 5.56. The van der Waals surface area contributed by atoms with Crippen LogP contribution in [0.25, 0.3) is 0 Å². The molecule has 1 aliphatic heterocycles. The van der Waals surface area contributed by atoms with Gasteiger partial charge in [0.05, 0.1) is 5.57 Å². The number of amides is 2. The molecule has 6 nitrogen and oxygen atoms in total. The Hall–Kier alpha value is -1.98. The molecule has 0 aromatic carbocycles. The number of nitrogens with one attached hydrogen (secondary N) is 2. The lowest BCUT2D eigenvalue weighted by Gasteiger charge is -2.24. The van der Waals surface area contributed by atoms with E-state index in [9.17, 15) is 19.5 Å². The van der Waals surface area contributed by atoms with Gasteiger partial charge in [0.15, 0.2) is 5.78 Å². The number of imide groups is 1. The molecule has 20 heavy (non-hydrogen) atoms. The van der Waals surface area contributed by atoms with E-state index in [1.165, 1.54) is 0 Å². The maximum atomic E-state index is 11.9. The van der Waals surface area contributed by atoms with Gasteiger partial charge in [-0.25, -0.2) is 0 Å². The number of carbonyl (C=O) groups is 3. The number of aliphatic hydroxyl groups is 1. The molecule has 1 saturated carbocycles. The molecule has 1 saturated heterocycles. The van der Waals surface area contributed by atoms with E-state index in [-0.39, 0.29) is 65.7 Å². The van der Waals surface area contributed by atoms with E-state index in [2.05, 4.69) is 5.32 Å². The summed E-state index contributed by atoms with van der Waals surface area (Å²) < 4.78 is 0. The topological polar surface area (TPSA) is 107 Å². The number of ketones is 1. The number of aliphatic hydroxyl groups excluding tert-OH is 1. The first-order valence-electron chi connectivity index (χ1n) is 6.72. The Balaban J connectivity index is 2.13. The maximum Gasteiger partial charge on any atom is 0.226 e. The first-order valence-corrected chi connectivity index (χ1v) is 6.72. The van der Waals surface area contributed by atoms with Crippen molar-refractivity contribution in [3.63, 3.8) is 0 Å². The monoisotopic (exact) mass is 278 g/mol. The average Bonchev–Trinajstić information content (AvgIpc) is 2.25. The van der Waals surface area contributed by atoms with E-state index in [0.717, 1.165) is 0 Å². The summed E-state index contributed by atoms with van der Waals surface area (Å²) in [6, 6.07) is 0. The zero-order chi connectivity index (χ0) is 14.9. The van der Waals surface area contributed by atoms with Crippen LogP contribution in [-0.4, -0.2) is 28.4 Å². The molecule has 2 rings (SSSR count). The van der Waals surface area contributed by atoms with Crippen LogP contribution in [0.1, 0.15) is 39.0 Å². The summed E-state index contributed by atoms with van der Waals surface area (Å²) in [6.45, 7) is 1.89. The Morgan fingerprint density at radius 1 is 1.20 bits per heavy atom. The summed E-state index contributed by atoms with van der Waals surface area (Å²) in [5.41, 5.74) is 0.236. The molecule has 0 radical (unpaired) electrons. The van der Waals surface area contributed by atoms with Crippen LogP contribution < -0.4 is 5.32 Å². The van der Waals surface area contributed by atoms with Crippen LogP contribution in [-0.2, 0) is 14.4 Å². The van der Waals surface area contributed by atoms with Gasteiger partial charge in [-0.1, -0.05) is 6.92 Å². The first kappa shape index (κ1) is 14.4. The van der Waals surface area contributed by atoms with Crippen LogP contribution >= 0.6 is 0 Å². The van der Waals surface area contributed by atoms with Gasteiger partial charge in [-0.2, -0.15) is 0 Å². The van der Waals surface area contributed by atoms with E-state index < -0.39 is 0 Å². The second-order valence-electron chi connectivity index (χ2n) is 5.69. The molecule has 1 heterocycles. The van der Waals surface area contributed by atoms with Gasteiger partial charge in [0.25, 0.3) is 0 Å². The third kappa shape index (κ3) is 3.12. The van der Waals surface area contributed by atoms with Crippen LogP contribution in [0.4, 0.5) is 0 Å². The van der Waals surface area contributed by atoms with Crippen molar-refractivity contribution in [2.75, 3.05) is 0 Å². The Morgan fingerprint density at radius 3 is 2.35 bits per heavy atom. The van der Waals surface area contributed by atoms with Gasteiger partial charge in [-0.05, 0) is 18.3 Å². The van der Waals surface area contributed by atoms with Gasteiger partial charge >= 0.3 is 0 Å². The Bertz CT molecular complexity index is 485. The maximum absolute atomic E-state index is 11.9. The van der Waals surface area contributed by atoms with E-state index in [1.807, 2.05) is 6.92 Å².